The van der Waals surface area contributed by atoms with Crippen molar-refractivity contribution in [3.05, 3.63) is 11.7 Å². The molecule has 8 heteroatoms. The van der Waals surface area contributed by atoms with Crippen LogP contribution in [0.4, 0.5) is 4.79 Å². The lowest BCUT2D eigenvalue weighted by Crippen LogP contribution is -2.49. The van der Waals surface area contributed by atoms with Crippen molar-refractivity contribution in [1.29, 1.82) is 0 Å². The van der Waals surface area contributed by atoms with Crippen LogP contribution in [0.5, 0.6) is 0 Å². The van der Waals surface area contributed by atoms with E-state index in [1.54, 1.807) is 35.7 Å². The van der Waals surface area contributed by atoms with E-state index in [1.165, 1.54) is 0 Å². The van der Waals surface area contributed by atoms with Crippen LogP contribution in [0.15, 0.2) is 4.52 Å². The van der Waals surface area contributed by atoms with Gasteiger partial charge in [-0.15, -0.1) is 0 Å². The minimum absolute atomic E-state index is 0.0413. The lowest BCUT2D eigenvalue weighted by molar-refractivity contribution is -0.137. The fourth-order valence-corrected chi connectivity index (χ4v) is 2.81. The number of hydrogen-bond donors (Lipinski definition) is 0. The Bertz CT molecular complexity index is 557. The predicted molar refractivity (Wildman–Crippen MR) is 83.5 cm³/mol. The van der Waals surface area contributed by atoms with Gasteiger partial charge in [0.05, 0.1) is 12.5 Å². The Morgan fingerprint density at radius 1 is 1.39 bits per heavy atom. The maximum atomic E-state index is 12.8. The molecule has 0 aliphatic carbocycles. The van der Waals surface area contributed by atoms with Crippen molar-refractivity contribution in [3.63, 3.8) is 0 Å². The molecule has 23 heavy (non-hydrogen) atoms. The van der Waals surface area contributed by atoms with Gasteiger partial charge in [-0.2, -0.15) is 4.98 Å². The van der Waals surface area contributed by atoms with Crippen LogP contribution in [-0.2, 0) is 11.3 Å². The van der Waals surface area contributed by atoms with Crippen LogP contribution >= 0.6 is 0 Å². The zero-order valence-corrected chi connectivity index (χ0v) is 14.3. The number of urea groups is 1. The lowest BCUT2D eigenvalue weighted by atomic mass is 9.96. The molecule has 0 aromatic carbocycles. The van der Waals surface area contributed by atoms with E-state index in [1.807, 2.05) is 6.92 Å². The van der Waals surface area contributed by atoms with Gasteiger partial charge in [0.1, 0.15) is 0 Å². The first kappa shape index (κ1) is 17.2. The SMILES string of the molecule is CCN(Cc1nc(C)no1)C(=O)[C@@H]1CCCN(C(=O)N(C)C)C1. The molecule has 0 radical (unpaired) electrons. The van der Waals surface area contributed by atoms with E-state index in [0.29, 0.717) is 37.9 Å². The average molecular weight is 323 g/mol. The first-order valence-corrected chi connectivity index (χ1v) is 7.96. The number of piperidine rings is 1. The Hall–Kier alpha value is -2.12. The highest BCUT2D eigenvalue weighted by Gasteiger charge is 2.31. The maximum Gasteiger partial charge on any atom is 0.319 e. The van der Waals surface area contributed by atoms with Crippen molar-refractivity contribution in [2.24, 2.45) is 5.92 Å². The van der Waals surface area contributed by atoms with Gasteiger partial charge < -0.3 is 19.2 Å². The maximum absolute atomic E-state index is 12.8. The molecule has 0 saturated carbocycles. The van der Waals surface area contributed by atoms with Crippen LogP contribution in [0.3, 0.4) is 0 Å². The summed E-state index contributed by atoms with van der Waals surface area (Å²) in [6, 6.07) is -0.0434. The monoisotopic (exact) mass is 323 g/mol. The Labute approximate surface area is 136 Å². The first-order chi connectivity index (χ1) is 10.9. The van der Waals surface area contributed by atoms with Crippen molar-refractivity contribution >= 4 is 11.9 Å². The molecule has 0 bridgehead atoms. The smallest absolute Gasteiger partial charge is 0.319 e. The zero-order valence-electron chi connectivity index (χ0n) is 14.3. The lowest BCUT2D eigenvalue weighted by Gasteiger charge is -2.35. The molecule has 2 heterocycles. The standard InChI is InChI=1S/C15H25N5O3/c1-5-19(10-13-16-11(2)17-23-13)14(21)12-7-6-8-20(9-12)15(22)18(3)4/h12H,5-10H2,1-4H3/t12-/m1/s1. The molecule has 0 unspecified atom stereocenters. The molecule has 1 saturated heterocycles. The summed E-state index contributed by atoms with van der Waals surface area (Å²) in [4.78, 5) is 34.0. The van der Waals surface area contributed by atoms with Crippen LogP contribution in [0.1, 0.15) is 31.5 Å². The molecule has 1 atom stereocenters. The summed E-state index contributed by atoms with van der Waals surface area (Å²) < 4.78 is 5.10. The molecule has 128 valence electrons. The Kier molecular flexibility index (Phi) is 5.57. The van der Waals surface area contributed by atoms with Crippen molar-refractivity contribution in [1.82, 2.24) is 24.8 Å². The summed E-state index contributed by atoms with van der Waals surface area (Å²) in [5.41, 5.74) is 0. The molecule has 1 aromatic heterocycles. The number of hydrogen-bond acceptors (Lipinski definition) is 5. The van der Waals surface area contributed by atoms with Gasteiger partial charge in [0.2, 0.25) is 11.8 Å². The number of carbonyl (C=O) groups excluding carboxylic acids is 2. The third-order valence-electron chi connectivity index (χ3n) is 4.01. The normalized spacial score (nSPS) is 17.9. The van der Waals surface area contributed by atoms with E-state index in [2.05, 4.69) is 10.1 Å². The first-order valence-electron chi connectivity index (χ1n) is 7.96. The molecular formula is C15H25N5O3. The van der Waals surface area contributed by atoms with Gasteiger partial charge in [-0.1, -0.05) is 5.16 Å². The van der Waals surface area contributed by atoms with E-state index >= 15 is 0 Å². The number of amides is 3. The predicted octanol–water partition coefficient (Wildman–Crippen LogP) is 1.12. The molecule has 1 aliphatic rings. The van der Waals surface area contributed by atoms with Gasteiger partial charge in [0, 0.05) is 33.7 Å². The van der Waals surface area contributed by atoms with E-state index in [-0.39, 0.29) is 17.9 Å². The number of aromatic nitrogens is 2. The van der Waals surface area contributed by atoms with Crippen molar-refractivity contribution in [2.45, 2.75) is 33.2 Å². The molecule has 2 rings (SSSR count). The minimum Gasteiger partial charge on any atom is -0.337 e. The van der Waals surface area contributed by atoms with Gasteiger partial charge in [-0.3, -0.25) is 4.79 Å². The molecule has 3 amide bonds. The summed E-state index contributed by atoms with van der Waals surface area (Å²) in [5, 5.41) is 3.75. The summed E-state index contributed by atoms with van der Waals surface area (Å²) in [6.45, 7) is 5.72. The second kappa shape index (κ2) is 7.43. The van der Waals surface area contributed by atoms with Crippen molar-refractivity contribution in [2.75, 3.05) is 33.7 Å². The third-order valence-corrected chi connectivity index (χ3v) is 4.01. The van der Waals surface area contributed by atoms with Crippen LogP contribution in [0.25, 0.3) is 0 Å². The number of aryl methyl sites for hydroxylation is 1. The minimum atomic E-state index is -0.170. The molecule has 1 aromatic rings. The molecule has 0 N–H and O–H groups in total. The Balaban J connectivity index is 2.00. The van der Waals surface area contributed by atoms with Crippen LogP contribution in [-0.4, -0.2) is 70.5 Å². The van der Waals surface area contributed by atoms with Crippen LogP contribution in [0, 0.1) is 12.8 Å². The quantitative estimate of drug-likeness (QED) is 0.829. The molecule has 8 nitrogen and oxygen atoms in total. The van der Waals surface area contributed by atoms with Gasteiger partial charge in [-0.25, -0.2) is 4.79 Å². The fourth-order valence-electron chi connectivity index (χ4n) is 2.81. The van der Waals surface area contributed by atoms with E-state index in [4.69, 9.17) is 4.52 Å². The second-order valence-electron chi connectivity index (χ2n) is 6.05. The summed E-state index contributed by atoms with van der Waals surface area (Å²) in [5.74, 6) is 0.870. The topological polar surface area (TPSA) is 82.8 Å². The Morgan fingerprint density at radius 2 is 2.13 bits per heavy atom. The van der Waals surface area contributed by atoms with Crippen LogP contribution < -0.4 is 0 Å². The number of carbonyl (C=O) groups is 2. The van der Waals surface area contributed by atoms with E-state index in [9.17, 15) is 9.59 Å². The van der Waals surface area contributed by atoms with E-state index < -0.39 is 0 Å². The van der Waals surface area contributed by atoms with Crippen molar-refractivity contribution in [3.8, 4) is 0 Å². The number of rotatable bonds is 4. The summed E-state index contributed by atoms with van der Waals surface area (Å²) in [7, 11) is 3.45. The molecule has 0 spiro atoms. The second-order valence-corrected chi connectivity index (χ2v) is 6.05. The summed E-state index contributed by atoms with van der Waals surface area (Å²) in [6.07, 6.45) is 1.64. The highest BCUT2D eigenvalue weighted by atomic mass is 16.5. The summed E-state index contributed by atoms with van der Waals surface area (Å²) >= 11 is 0. The highest BCUT2D eigenvalue weighted by molar-refractivity contribution is 5.80. The molecule has 1 fully saturated rings. The molecule has 1 aliphatic heterocycles. The third kappa shape index (κ3) is 4.20. The van der Waals surface area contributed by atoms with Gasteiger partial charge in [-0.05, 0) is 26.7 Å². The van der Waals surface area contributed by atoms with Gasteiger partial charge >= 0.3 is 6.03 Å². The molecular weight excluding hydrogens is 298 g/mol. The van der Waals surface area contributed by atoms with E-state index in [0.717, 1.165) is 12.8 Å². The van der Waals surface area contributed by atoms with Crippen molar-refractivity contribution < 1.29 is 14.1 Å². The zero-order chi connectivity index (χ0) is 17.0. The highest BCUT2D eigenvalue weighted by Crippen LogP contribution is 2.20. The Morgan fingerprint density at radius 3 is 2.70 bits per heavy atom. The average Bonchev–Trinajstić information content (AvgIpc) is 2.96. The number of likely N-dealkylation sites (tertiary alicyclic amines) is 1. The van der Waals surface area contributed by atoms with Crippen LogP contribution in [0.2, 0.25) is 0 Å². The van der Waals surface area contributed by atoms with Gasteiger partial charge in [0.15, 0.2) is 5.82 Å². The van der Waals surface area contributed by atoms with Gasteiger partial charge in [0.25, 0.3) is 0 Å². The number of nitrogens with zero attached hydrogens (tertiary/aromatic N) is 5. The largest absolute Gasteiger partial charge is 0.337 e. The fraction of sp³-hybridized carbons (Fsp3) is 0.733.